The van der Waals surface area contributed by atoms with Gasteiger partial charge in [0.2, 0.25) is 5.88 Å². The fraction of sp³-hybridized carbons (Fsp3) is 0.550. The van der Waals surface area contributed by atoms with Crippen LogP contribution in [0.5, 0.6) is 0 Å². The molecular weight excluding hydrogens is 372 g/mol. The molecule has 9 heteroatoms. The first-order valence-corrected chi connectivity index (χ1v) is 9.96. The Morgan fingerprint density at radius 2 is 2.14 bits per heavy atom. The summed E-state index contributed by atoms with van der Waals surface area (Å²) in [5.74, 6) is -0.922. The zero-order valence-corrected chi connectivity index (χ0v) is 17.0. The van der Waals surface area contributed by atoms with Gasteiger partial charge >= 0.3 is 0 Å². The van der Waals surface area contributed by atoms with Crippen LogP contribution in [0.3, 0.4) is 0 Å². The Morgan fingerprint density at radius 1 is 1.41 bits per heavy atom. The number of hydrogen-bond donors (Lipinski definition) is 4. The molecule has 4 rings (SSSR count). The van der Waals surface area contributed by atoms with Crippen molar-refractivity contribution in [1.82, 2.24) is 25.6 Å². The molecular formula is C20H28N6O3. The molecule has 0 aromatic carbocycles. The van der Waals surface area contributed by atoms with Gasteiger partial charge in [0.15, 0.2) is 5.57 Å². The average Bonchev–Trinajstić information content (AvgIpc) is 3.33. The second-order valence-electron chi connectivity index (χ2n) is 9.19. The fourth-order valence-electron chi connectivity index (χ4n) is 3.88. The molecule has 1 aromatic rings. The minimum absolute atomic E-state index is 0.0823. The van der Waals surface area contributed by atoms with Crippen molar-refractivity contribution in [1.29, 1.82) is 0 Å². The molecule has 3 aliphatic rings. The number of amides is 2. The van der Waals surface area contributed by atoms with Crippen LogP contribution in [0.15, 0.2) is 29.8 Å². The van der Waals surface area contributed by atoms with E-state index in [1.54, 1.807) is 17.2 Å². The van der Waals surface area contributed by atoms with Gasteiger partial charge in [-0.15, -0.1) is 0 Å². The second kappa shape index (κ2) is 6.91. The SMILES string of the molecule is CC(C)(C)CN1C(O)=C(C(=O)NC2CC2)C(=O)N2NC(c3cccnc3N)CC12. The number of nitrogens with two attached hydrogens (primary N) is 1. The molecule has 2 aliphatic heterocycles. The number of hydrogen-bond acceptors (Lipinski definition) is 7. The number of aromatic nitrogens is 1. The summed E-state index contributed by atoms with van der Waals surface area (Å²) in [6, 6.07) is 3.49. The van der Waals surface area contributed by atoms with E-state index >= 15 is 0 Å². The van der Waals surface area contributed by atoms with E-state index in [1.807, 2.05) is 26.8 Å². The minimum atomic E-state index is -0.529. The molecule has 0 bridgehead atoms. The summed E-state index contributed by atoms with van der Waals surface area (Å²) in [5, 5.41) is 15.2. The summed E-state index contributed by atoms with van der Waals surface area (Å²) in [7, 11) is 0. The van der Waals surface area contributed by atoms with Crippen molar-refractivity contribution < 1.29 is 14.7 Å². The average molecular weight is 400 g/mol. The Kier molecular flexibility index (Phi) is 4.65. The summed E-state index contributed by atoms with van der Waals surface area (Å²) in [4.78, 5) is 31.7. The molecule has 2 fully saturated rings. The molecule has 156 valence electrons. The third-order valence-electron chi connectivity index (χ3n) is 5.36. The van der Waals surface area contributed by atoms with Crippen LogP contribution in [-0.4, -0.2) is 50.6 Å². The van der Waals surface area contributed by atoms with Gasteiger partial charge in [0.05, 0.1) is 6.04 Å². The van der Waals surface area contributed by atoms with E-state index in [-0.39, 0.29) is 29.0 Å². The Bertz CT molecular complexity index is 873. The molecule has 1 aliphatic carbocycles. The predicted molar refractivity (Wildman–Crippen MR) is 107 cm³/mol. The highest BCUT2D eigenvalue weighted by atomic mass is 16.3. The van der Waals surface area contributed by atoms with Gasteiger partial charge in [-0.1, -0.05) is 26.8 Å². The maximum Gasteiger partial charge on any atom is 0.280 e. The Morgan fingerprint density at radius 3 is 2.76 bits per heavy atom. The van der Waals surface area contributed by atoms with E-state index < -0.39 is 18.0 Å². The van der Waals surface area contributed by atoms with Crippen LogP contribution in [0.1, 0.15) is 51.6 Å². The number of anilines is 1. The van der Waals surface area contributed by atoms with Crippen LogP contribution in [0.25, 0.3) is 0 Å². The van der Waals surface area contributed by atoms with E-state index in [9.17, 15) is 14.7 Å². The van der Waals surface area contributed by atoms with Crippen molar-refractivity contribution in [2.24, 2.45) is 5.41 Å². The highest BCUT2D eigenvalue weighted by Crippen LogP contribution is 2.38. The highest BCUT2D eigenvalue weighted by molar-refractivity contribution is 6.19. The second-order valence-corrected chi connectivity index (χ2v) is 9.19. The Labute approximate surface area is 169 Å². The van der Waals surface area contributed by atoms with Gasteiger partial charge < -0.3 is 21.1 Å². The maximum atomic E-state index is 13.1. The minimum Gasteiger partial charge on any atom is -0.494 e. The van der Waals surface area contributed by atoms with E-state index in [4.69, 9.17) is 5.73 Å². The van der Waals surface area contributed by atoms with Gasteiger partial charge in [0.25, 0.3) is 11.8 Å². The van der Waals surface area contributed by atoms with Crippen molar-refractivity contribution in [3.8, 4) is 0 Å². The first-order valence-electron chi connectivity index (χ1n) is 9.96. The van der Waals surface area contributed by atoms with Crippen molar-refractivity contribution in [3.63, 3.8) is 0 Å². The van der Waals surface area contributed by atoms with E-state index in [2.05, 4.69) is 15.7 Å². The van der Waals surface area contributed by atoms with Crippen LogP contribution in [-0.2, 0) is 9.59 Å². The van der Waals surface area contributed by atoms with Gasteiger partial charge in [0, 0.05) is 30.8 Å². The van der Waals surface area contributed by atoms with Crippen LogP contribution in [0, 0.1) is 5.41 Å². The first kappa shape index (κ1) is 19.5. The zero-order valence-electron chi connectivity index (χ0n) is 17.0. The third kappa shape index (κ3) is 3.74. The Hall–Kier alpha value is -2.81. The lowest BCUT2D eigenvalue weighted by atomic mass is 9.94. The number of nitrogens with one attached hydrogen (secondary N) is 2. The first-order chi connectivity index (χ1) is 13.7. The molecule has 5 N–H and O–H groups in total. The number of nitrogens with zero attached hydrogens (tertiary/aromatic N) is 3. The van der Waals surface area contributed by atoms with Gasteiger partial charge in [-0.3, -0.25) is 9.59 Å². The number of hydrazine groups is 1. The summed E-state index contributed by atoms with van der Waals surface area (Å²) >= 11 is 0. The molecule has 29 heavy (non-hydrogen) atoms. The summed E-state index contributed by atoms with van der Waals surface area (Å²) in [6.07, 6.45) is 3.49. The van der Waals surface area contributed by atoms with Gasteiger partial charge in [-0.25, -0.2) is 15.4 Å². The quantitative estimate of drug-likeness (QED) is 0.560. The largest absolute Gasteiger partial charge is 0.494 e. The van der Waals surface area contributed by atoms with Gasteiger partial charge in [-0.2, -0.15) is 0 Å². The number of rotatable bonds is 4. The predicted octanol–water partition coefficient (Wildman–Crippen LogP) is 1.18. The third-order valence-corrected chi connectivity index (χ3v) is 5.36. The number of carbonyl (C=O) groups excluding carboxylic acids is 2. The van der Waals surface area contributed by atoms with E-state index in [1.165, 1.54) is 5.01 Å². The fourth-order valence-corrected chi connectivity index (χ4v) is 3.88. The molecule has 3 heterocycles. The lowest BCUT2D eigenvalue weighted by Gasteiger charge is -2.42. The molecule has 1 saturated carbocycles. The molecule has 1 saturated heterocycles. The monoisotopic (exact) mass is 400 g/mol. The molecule has 2 amide bonds. The smallest absolute Gasteiger partial charge is 0.280 e. The Balaban J connectivity index is 1.68. The van der Waals surface area contributed by atoms with Crippen LogP contribution < -0.4 is 16.5 Å². The van der Waals surface area contributed by atoms with Crippen molar-refractivity contribution >= 4 is 17.6 Å². The molecule has 2 unspecified atom stereocenters. The molecule has 9 nitrogen and oxygen atoms in total. The number of carbonyl (C=O) groups is 2. The summed E-state index contributed by atoms with van der Waals surface area (Å²) in [6.45, 7) is 6.61. The number of nitrogen functional groups attached to an aromatic ring is 1. The van der Waals surface area contributed by atoms with Gasteiger partial charge in [-0.05, 0) is 24.3 Å². The lowest BCUT2D eigenvalue weighted by molar-refractivity contribution is -0.142. The topological polar surface area (TPSA) is 124 Å². The van der Waals surface area contributed by atoms with Crippen molar-refractivity contribution in [3.05, 3.63) is 35.3 Å². The van der Waals surface area contributed by atoms with Gasteiger partial charge in [0.1, 0.15) is 12.0 Å². The lowest BCUT2D eigenvalue weighted by Crippen LogP contribution is -2.58. The number of aliphatic hydroxyl groups excluding tert-OH is 1. The standard InChI is InChI=1S/C20H28N6O3/c1-20(2,3)10-25-14-9-13(12-5-4-8-22-16(12)21)24-26(14)19(29)15(18(25)28)17(27)23-11-6-7-11/h4-5,8,11,13-14,24,28H,6-7,9-10H2,1-3H3,(H2,21,22)(H,23,27). The molecule has 1 aromatic heterocycles. The van der Waals surface area contributed by atoms with Crippen LogP contribution >= 0.6 is 0 Å². The van der Waals surface area contributed by atoms with Crippen molar-refractivity contribution in [2.45, 2.75) is 58.3 Å². The summed E-state index contributed by atoms with van der Waals surface area (Å²) < 4.78 is 0. The number of aliphatic hydroxyl groups is 1. The molecule has 0 radical (unpaired) electrons. The summed E-state index contributed by atoms with van der Waals surface area (Å²) in [5.41, 5.74) is 9.63. The zero-order chi connectivity index (χ0) is 20.9. The molecule has 2 atom stereocenters. The number of fused-ring (bicyclic) bond motifs is 1. The van der Waals surface area contributed by atoms with Crippen LogP contribution in [0.2, 0.25) is 0 Å². The van der Waals surface area contributed by atoms with E-state index in [0.29, 0.717) is 18.8 Å². The molecule has 0 spiro atoms. The van der Waals surface area contributed by atoms with Crippen LogP contribution in [0.4, 0.5) is 5.82 Å². The number of pyridine rings is 1. The normalized spacial score (nSPS) is 24.7. The highest BCUT2D eigenvalue weighted by Gasteiger charge is 2.49. The van der Waals surface area contributed by atoms with E-state index in [0.717, 1.165) is 18.4 Å². The van der Waals surface area contributed by atoms with Crippen molar-refractivity contribution in [2.75, 3.05) is 12.3 Å². The maximum absolute atomic E-state index is 13.1.